The maximum Gasteiger partial charge on any atom is 0.0922 e. The van der Waals surface area contributed by atoms with Gasteiger partial charge in [0.15, 0.2) is 0 Å². The summed E-state index contributed by atoms with van der Waals surface area (Å²) in [5.41, 5.74) is 2.64. The summed E-state index contributed by atoms with van der Waals surface area (Å²) in [5.74, 6) is 0.513. The van der Waals surface area contributed by atoms with E-state index in [0.29, 0.717) is 11.2 Å². The van der Waals surface area contributed by atoms with Gasteiger partial charge >= 0.3 is 0 Å². The van der Waals surface area contributed by atoms with Crippen LogP contribution >= 0.6 is 19.9 Å². The molecule has 29 heavy (non-hydrogen) atoms. The second-order valence-electron chi connectivity index (χ2n) is 7.93. The van der Waals surface area contributed by atoms with E-state index in [2.05, 4.69) is 113 Å². The molecule has 0 fully saturated rings. The first-order valence-corrected chi connectivity index (χ1v) is 12.4. The van der Waals surface area contributed by atoms with Gasteiger partial charge in [-0.15, -0.1) is 11.8 Å². The van der Waals surface area contributed by atoms with E-state index < -0.39 is 8.15 Å². The molecule has 3 aromatic carbocycles. The van der Waals surface area contributed by atoms with Crippen LogP contribution in [0.1, 0.15) is 31.9 Å². The molecule has 3 heteroatoms. The molecule has 0 spiro atoms. The first-order valence-electron chi connectivity index (χ1n) is 10.3. The predicted octanol–water partition coefficient (Wildman–Crippen LogP) is 6.87. The van der Waals surface area contributed by atoms with Gasteiger partial charge in [0.25, 0.3) is 0 Å². The largest absolute Gasteiger partial charge is 0.346 e. The van der Waals surface area contributed by atoms with Crippen LogP contribution in [-0.4, -0.2) is 11.4 Å². The lowest BCUT2D eigenvalue weighted by molar-refractivity contribution is 0.228. The molecule has 0 N–H and O–H groups in total. The fraction of sp³-hybridized carbons (Fsp3) is 0.308. The number of thioether (sulfide) groups is 1. The Kier molecular flexibility index (Phi) is 7.95. The van der Waals surface area contributed by atoms with Crippen LogP contribution in [0, 0.1) is 19.8 Å². The maximum atomic E-state index is 6.82. The standard InChI is InChI=1S/C26H31OPS/c1-19(2)26(29-25-17-20(3)16-21(4)18-25)22(5)27-28(23-12-8-6-9-13-23)24-14-10-7-11-15-24/h6-19,22,26H,1-5H3/t22-,26+/m0/s1. The molecule has 0 aromatic heterocycles. The Labute approximate surface area is 181 Å². The molecule has 0 saturated heterocycles. The number of benzene rings is 3. The van der Waals surface area contributed by atoms with Crippen LogP contribution in [0.3, 0.4) is 0 Å². The minimum absolute atomic E-state index is 0.132. The topological polar surface area (TPSA) is 9.23 Å². The van der Waals surface area contributed by atoms with Crippen molar-refractivity contribution in [1.82, 2.24) is 0 Å². The van der Waals surface area contributed by atoms with Crippen molar-refractivity contribution in [3.05, 3.63) is 90.0 Å². The van der Waals surface area contributed by atoms with Crippen molar-refractivity contribution in [3.63, 3.8) is 0 Å². The van der Waals surface area contributed by atoms with E-state index in [4.69, 9.17) is 4.52 Å². The lowest BCUT2D eigenvalue weighted by atomic mass is 10.1. The highest BCUT2D eigenvalue weighted by Gasteiger charge is 2.27. The van der Waals surface area contributed by atoms with E-state index >= 15 is 0 Å². The minimum atomic E-state index is -0.848. The van der Waals surface area contributed by atoms with Gasteiger partial charge in [0.2, 0.25) is 0 Å². The molecule has 0 saturated carbocycles. The highest BCUT2D eigenvalue weighted by Crippen LogP contribution is 2.41. The van der Waals surface area contributed by atoms with Gasteiger partial charge in [-0.1, -0.05) is 80.6 Å². The van der Waals surface area contributed by atoms with Gasteiger partial charge in [-0.3, -0.25) is 0 Å². The third-order valence-corrected chi connectivity index (χ3v) is 8.63. The monoisotopic (exact) mass is 422 g/mol. The van der Waals surface area contributed by atoms with Crippen molar-refractivity contribution in [2.24, 2.45) is 5.92 Å². The molecule has 0 aliphatic carbocycles. The zero-order valence-corrected chi connectivity index (χ0v) is 19.7. The van der Waals surface area contributed by atoms with Gasteiger partial charge in [0.05, 0.1) is 14.3 Å². The van der Waals surface area contributed by atoms with Gasteiger partial charge in [0.1, 0.15) is 0 Å². The van der Waals surface area contributed by atoms with Gasteiger partial charge in [-0.05, 0) is 49.9 Å². The SMILES string of the molecule is Cc1cc(C)cc(S[C@H](C(C)C)[C@H](C)OP(c2ccccc2)c2ccccc2)c1. The third-order valence-electron chi connectivity index (χ3n) is 4.84. The maximum absolute atomic E-state index is 6.82. The van der Waals surface area contributed by atoms with E-state index in [1.165, 1.54) is 26.6 Å². The summed E-state index contributed by atoms with van der Waals surface area (Å²) in [4.78, 5) is 1.33. The number of aryl methyl sites for hydroxylation is 2. The first-order chi connectivity index (χ1) is 13.9. The second-order valence-corrected chi connectivity index (χ2v) is 11.0. The highest BCUT2D eigenvalue weighted by molar-refractivity contribution is 8.00. The lowest BCUT2D eigenvalue weighted by Gasteiger charge is -2.31. The van der Waals surface area contributed by atoms with Crippen LogP contribution in [0.2, 0.25) is 0 Å². The van der Waals surface area contributed by atoms with Crippen LogP contribution in [0.25, 0.3) is 0 Å². The van der Waals surface area contributed by atoms with E-state index in [1.54, 1.807) is 0 Å². The lowest BCUT2D eigenvalue weighted by Crippen LogP contribution is -2.29. The summed E-state index contributed by atoms with van der Waals surface area (Å²) >= 11 is 1.95. The smallest absolute Gasteiger partial charge is 0.0922 e. The fourth-order valence-corrected chi connectivity index (χ4v) is 6.87. The third kappa shape index (κ3) is 6.19. The number of hydrogen-bond donors (Lipinski definition) is 0. The van der Waals surface area contributed by atoms with E-state index in [0.717, 1.165) is 0 Å². The van der Waals surface area contributed by atoms with Crippen molar-refractivity contribution in [2.75, 3.05) is 0 Å². The van der Waals surface area contributed by atoms with E-state index in [9.17, 15) is 0 Å². The fourth-order valence-electron chi connectivity index (χ4n) is 3.56. The van der Waals surface area contributed by atoms with Crippen molar-refractivity contribution >= 4 is 30.5 Å². The van der Waals surface area contributed by atoms with Crippen molar-refractivity contribution < 1.29 is 4.52 Å². The molecular formula is C26H31OPS. The van der Waals surface area contributed by atoms with Crippen molar-refractivity contribution in [3.8, 4) is 0 Å². The van der Waals surface area contributed by atoms with Crippen LogP contribution in [-0.2, 0) is 4.52 Å². The molecule has 0 bridgehead atoms. The Morgan fingerprint density at radius 3 is 1.66 bits per heavy atom. The molecule has 3 rings (SSSR count). The normalized spacial score (nSPS) is 13.6. The molecule has 0 heterocycles. The minimum Gasteiger partial charge on any atom is -0.346 e. The summed E-state index contributed by atoms with van der Waals surface area (Å²) in [5, 5.41) is 2.91. The molecule has 0 radical (unpaired) electrons. The first kappa shape index (κ1) is 22.1. The average molecular weight is 423 g/mol. The Morgan fingerprint density at radius 2 is 1.21 bits per heavy atom. The summed E-state index contributed by atoms with van der Waals surface area (Å²) in [7, 11) is -0.848. The van der Waals surface area contributed by atoms with Gasteiger partial charge < -0.3 is 4.52 Å². The van der Waals surface area contributed by atoms with Crippen LogP contribution in [0.5, 0.6) is 0 Å². The zero-order valence-electron chi connectivity index (χ0n) is 18.0. The second kappa shape index (κ2) is 10.4. The molecule has 152 valence electrons. The van der Waals surface area contributed by atoms with Crippen LogP contribution in [0.15, 0.2) is 83.8 Å². The van der Waals surface area contributed by atoms with E-state index in [-0.39, 0.29) is 6.10 Å². The highest BCUT2D eigenvalue weighted by atomic mass is 32.2. The molecule has 3 aromatic rings. The molecule has 2 atom stereocenters. The van der Waals surface area contributed by atoms with Crippen LogP contribution < -0.4 is 10.6 Å². The Morgan fingerprint density at radius 1 is 0.724 bits per heavy atom. The van der Waals surface area contributed by atoms with Gasteiger partial charge in [0, 0.05) is 20.8 Å². The van der Waals surface area contributed by atoms with Crippen molar-refractivity contribution in [2.45, 2.75) is 50.9 Å². The molecule has 0 aliphatic rings. The Hall–Kier alpha value is -1.60. The van der Waals surface area contributed by atoms with Gasteiger partial charge in [-0.25, -0.2) is 0 Å². The quantitative estimate of drug-likeness (QED) is 0.289. The predicted molar refractivity (Wildman–Crippen MR) is 130 cm³/mol. The average Bonchev–Trinajstić information content (AvgIpc) is 2.70. The number of rotatable bonds is 8. The summed E-state index contributed by atoms with van der Waals surface area (Å²) in [6.45, 7) is 11.2. The van der Waals surface area contributed by atoms with E-state index in [1.807, 2.05) is 11.8 Å². The summed E-state index contributed by atoms with van der Waals surface area (Å²) < 4.78 is 6.82. The molecule has 0 unspecified atom stereocenters. The Balaban J connectivity index is 1.85. The molecule has 0 amide bonds. The molecule has 0 aliphatic heterocycles. The molecule has 1 nitrogen and oxygen atoms in total. The zero-order chi connectivity index (χ0) is 20.8. The number of hydrogen-bond acceptors (Lipinski definition) is 2. The van der Waals surface area contributed by atoms with Gasteiger partial charge in [-0.2, -0.15) is 0 Å². The van der Waals surface area contributed by atoms with Crippen molar-refractivity contribution in [1.29, 1.82) is 0 Å². The van der Waals surface area contributed by atoms with Crippen LogP contribution in [0.4, 0.5) is 0 Å². The molecular weight excluding hydrogens is 391 g/mol. The summed E-state index contributed by atoms with van der Waals surface area (Å²) in [6, 6.07) is 28.1. The Bertz CT molecular complexity index is 835. The summed E-state index contributed by atoms with van der Waals surface area (Å²) in [6.07, 6.45) is 0.132.